The summed E-state index contributed by atoms with van der Waals surface area (Å²) in [5, 5.41) is 3.28. The normalized spacial score (nSPS) is 26.0. The van der Waals surface area contributed by atoms with E-state index in [1.807, 2.05) is 0 Å². The molecule has 0 aromatic carbocycles. The zero-order chi connectivity index (χ0) is 13.4. The Bertz CT molecular complexity index is 221. The molecule has 0 radical (unpaired) electrons. The molecule has 1 rings (SSSR count). The van der Waals surface area contributed by atoms with Gasteiger partial charge in [-0.15, -0.1) is 0 Å². The van der Waals surface area contributed by atoms with Crippen LogP contribution in [0.3, 0.4) is 0 Å². The van der Waals surface area contributed by atoms with Gasteiger partial charge in [0.1, 0.15) is 0 Å². The fraction of sp³-hybridized carbons (Fsp3) is 1.00. The number of alkyl halides is 3. The summed E-state index contributed by atoms with van der Waals surface area (Å²) >= 11 is 0.0735. The SMILES string of the molecule is CCCC1CCCC(NCCSC(F)(F)F)CC1. The van der Waals surface area contributed by atoms with Gasteiger partial charge in [-0.3, -0.25) is 0 Å². The molecule has 1 aliphatic rings. The van der Waals surface area contributed by atoms with Crippen LogP contribution in [0, 0.1) is 5.92 Å². The molecule has 0 heterocycles. The van der Waals surface area contributed by atoms with Crippen molar-refractivity contribution in [2.75, 3.05) is 12.3 Å². The van der Waals surface area contributed by atoms with Crippen molar-refractivity contribution in [2.45, 2.75) is 63.4 Å². The average molecular weight is 283 g/mol. The molecule has 0 amide bonds. The fourth-order valence-corrected chi connectivity index (χ4v) is 3.16. The molecule has 2 atom stereocenters. The lowest BCUT2D eigenvalue weighted by atomic mass is 9.95. The van der Waals surface area contributed by atoms with Gasteiger partial charge in [0.2, 0.25) is 0 Å². The van der Waals surface area contributed by atoms with Crippen LogP contribution in [0.25, 0.3) is 0 Å². The lowest BCUT2D eigenvalue weighted by Crippen LogP contribution is -2.31. The van der Waals surface area contributed by atoms with E-state index >= 15 is 0 Å². The van der Waals surface area contributed by atoms with Gasteiger partial charge in [-0.05, 0) is 36.9 Å². The molecule has 2 unspecified atom stereocenters. The zero-order valence-electron chi connectivity index (χ0n) is 11.1. The van der Waals surface area contributed by atoms with Gasteiger partial charge in [-0.1, -0.05) is 32.6 Å². The third kappa shape index (κ3) is 7.52. The number of hydrogen-bond donors (Lipinski definition) is 1. The van der Waals surface area contributed by atoms with Crippen molar-refractivity contribution in [3.63, 3.8) is 0 Å². The molecular formula is C13H24F3NS. The molecule has 0 aromatic rings. The molecule has 0 saturated heterocycles. The minimum absolute atomic E-state index is 0.0735. The van der Waals surface area contributed by atoms with Crippen LogP contribution in [0.1, 0.15) is 51.9 Å². The molecule has 108 valence electrons. The number of rotatable bonds is 6. The molecule has 1 saturated carbocycles. The van der Waals surface area contributed by atoms with Crippen LogP contribution in [0.2, 0.25) is 0 Å². The molecule has 0 bridgehead atoms. The number of nitrogens with one attached hydrogen (secondary N) is 1. The molecule has 0 aromatic heterocycles. The van der Waals surface area contributed by atoms with E-state index in [4.69, 9.17) is 0 Å². The smallest absolute Gasteiger partial charge is 0.313 e. The molecule has 1 N–H and O–H groups in total. The third-order valence-electron chi connectivity index (χ3n) is 3.59. The highest BCUT2D eigenvalue weighted by Gasteiger charge is 2.27. The minimum atomic E-state index is -4.09. The van der Waals surface area contributed by atoms with Crippen molar-refractivity contribution in [2.24, 2.45) is 5.92 Å². The minimum Gasteiger partial charge on any atom is -0.313 e. The van der Waals surface area contributed by atoms with Crippen molar-refractivity contribution in [3.8, 4) is 0 Å². The highest BCUT2D eigenvalue weighted by molar-refractivity contribution is 8.00. The van der Waals surface area contributed by atoms with E-state index in [1.54, 1.807) is 0 Å². The van der Waals surface area contributed by atoms with Crippen LogP contribution in [-0.2, 0) is 0 Å². The van der Waals surface area contributed by atoms with Gasteiger partial charge in [0, 0.05) is 18.3 Å². The lowest BCUT2D eigenvalue weighted by Gasteiger charge is -2.17. The Morgan fingerprint density at radius 2 is 1.94 bits per heavy atom. The molecule has 5 heteroatoms. The summed E-state index contributed by atoms with van der Waals surface area (Å²) in [6, 6.07) is 0.431. The van der Waals surface area contributed by atoms with Gasteiger partial charge in [0.25, 0.3) is 0 Å². The molecule has 0 aliphatic heterocycles. The molecular weight excluding hydrogens is 259 g/mol. The van der Waals surface area contributed by atoms with Crippen molar-refractivity contribution in [3.05, 3.63) is 0 Å². The quantitative estimate of drug-likeness (QED) is 0.566. The van der Waals surface area contributed by atoms with Crippen LogP contribution >= 0.6 is 11.8 Å². The summed E-state index contributed by atoms with van der Waals surface area (Å²) in [5.41, 5.74) is -4.09. The van der Waals surface area contributed by atoms with Crippen molar-refractivity contribution in [1.29, 1.82) is 0 Å². The maximum Gasteiger partial charge on any atom is 0.441 e. The second-order valence-corrected chi connectivity index (χ2v) is 6.27. The summed E-state index contributed by atoms with van der Waals surface area (Å²) in [6.45, 7) is 2.68. The standard InChI is InChI=1S/C13H24F3NS/c1-2-4-11-5-3-6-12(8-7-11)17-9-10-18-13(14,15)16/h11-12,17H,2-10H2,1H3. The van der Waals surface area contributed by atoms with E-state index in [2.05, 4.69) is 12.2 Å². The maximum atomic E-state index is 12.0. The van der Waals surface area contributed by atoms with Gasteiger partial charge in [-0.25, -0.2) is 0 Å². The van der Waals surface area contributed by atoms with E-state index in [9.17, 15) is 13.2 Å². The third-order valence-corrected chi connectivity index (χ3v) is 4.32. The highest BCUT2D eigenvalue weighted by Crippen LogP contribution is 2.30. The second-order valence-electron chi connectivity index (χ2n) is 5.11. The summed E-state index contributed by atoms with van der Waals surface area (Å²) in [5.74, 6) is 0.963. The molecule has 1 nitrogen and oxygen atoms in total. The molecule has 1 aliphatic carbocycles. The Morgan fingerprint density at radius 3 is 2.61 bits per heavy atom. The first-order chi connectivity index (χ1) is 8.51. The molecule has 1 fully saturated rings. The van der Waals surface area contributed by atoms with Gasteiger partial charge in [0.05, 0.1) is 0 Å². The predicted molar refractivity (Wildman–Crippen MR) is 71.8 cm³/mol. The van der Waals surface area contributed by atoms with Crippen LogP contribution in [0.15, 0.2) is 0 Å². The lowest BCUT2D eigenvalue weighted by molar-refractivity contribution is -0.0327. The van der Waals surface area contributed by atoms with Gasteiger partial charge >= 0.3 is 5.51 Å². The van der Waals surface area contributed by atoms with E-state index < -0.39 is 5.51 Å². The summed E-state index contributed by atoms with van der Waals surface area (Å²) in [6.07, 6.45) is 8.54. The van der Waals surface area contributed by atoms with Crippen LogP contribution in [0.5, 0.6) is 0 Å². The number of halogens is 3. The van der Waals surface area contributed by atoms with Crippen LogP contribution in [0.4, 0.5) is 13.2 Å². The van der Waals surface area contributed by atoms with E-state index in [0.717, 1.165) is 18.8 Å². The largest absolute Gasteiger partial charge is 0.441 e. The van der Waals surface area contributed by atoms with Crippen LogP contribution in [-0.4, -0.2) is 23.8 Å². The Balaban J connectivity index is 2.12. The maximum absolute atomic E-state index is 12.0. The topological polar surface area (TPSA) is 12.0 Å². The fourth-order valence-electron chi connectivity index (χ4n) is 2.71. The average Bonchev–Trinajstić information content (AvgIpc) is 2.50. The second kappa shape index (κ2) is 8.31. The van der Waals surface area contributed by atoms with Crippen LogP contribution < -0.4 is 5.32 Å². The first-order valence-electron chi connectivity index (χ1n) is 6.95. The zero-order valence-corrected chi connectivity index (χ0v) is 11.9. The first-order valence-corrected chi connectivity index (χ1v) is 7.94. The highest BCUT2D eigenvalue weighted by atomic mass is 32.2. The van der Waals surface area contributed by atoms with Gasteiger partial charge in [-0.2, -0.15) is 13.2 Å². The summed E-state index contributed by atoms with van der Waals surface area (Å²) in [7, 11) is 0. The Labute approximate surface area is 112 Å². The summed E-state index contributed by atoms with van der Waals surface area (Å²) < 4.78 is 35.9. The Kier molecular flexibility index (Phi) is 7.46. The van der Waals surface area contributed by atoms with Crippen molar-refractivity contribution in [1.82, 2.24) is 5.32 Å². The van der Waals surface area contributed by atoms with Gasteiger partial charge in [0.15, 0.2) is 0 Å². The van der Waals surface area contributed by atoms with Gasteiger partial charge < -0.3 is 5.32 Å². The Hall–Kier alpha value is 0.100. The van der Waals surface area contributed by atoms with Crippen molar-refractivity contribution >= 4 is 11.8 Å². The van der Waals surface area contributed by atoms with Crippen molar-refractivity contribution < 1.29 is 13.2 Å². The first kappa shape index (κ1) is 16.2. The molecule has 18 heavy (non-hydrogen) atoms. The monoisotopic (exact) mass is 283 g/mol. The number of thioether (sulfide) groups is 1. The van der Waals surface area contributed by atoms with E-state index in [0.29, 0.717) is 12.6 Å². The van der Waals surface area contributed by atoms with E-state index in [1.165, 1.54) is 32.1 Å². The summed E-state index contributed by atoms with van der Waals surface area (Å²) in [4.78, 5) is 0. The number of hydrogen-bond acceptors (Lipinski definition) is 2. The Morgan fingerprint density at radius 1 is 1.17 bits per heavy atom. The van der Waals surface area contributed by atoms with E-state index in [-0.39, 0.29) is 17.5 Å². The molecule has 0 spiro atoms. The predicted octanol–water partition coefficient (Wildman–Crippen LogP) is 4.58.